The molecule has 0 aliphatic carbocycles. The smallest absolute Gasteiger partial charge is 0.252 e. The molecular formula is C18H21N5O. The zero-order chi connectivity index (χ0) is 17.3. The van der Waals surface area contributed by atoms with Crippen LogP contribution in [0.4, 0.5) is 0 Å². The maximum Gasteiger partial charge on any atom is 0.252 e. The highest BCUT2D eigenvalue weighted by Gasteiger charge is 2.17. The van der Waals surface area contributed by atoms with Gasteiger partial charge in [0.25, 0.3) is 5.91 Å². The lowest BCUT2D eigenvalue weighted by molar-refractivity contribution is 0.0940. The summed E-state index contributed by atoms with van der Waals surface area (Å²) in [4.78, 5) is 21.6. The van der Waals surface area contributed by atoms with Crippen LogP contribution in [0.2, 0.25) is 0 Å². The summed E-state index contributed by atoms with van der Waals surface area (Å²) in [5, 5.41) is 10.7. The van der Waals surface area contributed by atoms with Crippen molar-refractivity contribution < 1.29 is 4.79 Å². The molecule has 2 heterocycles. The van der Waals surface area contributed by atoms with Gasteiger partial charge in [-0.2, -0.15) is 5.10 Å². The first kappa shape index (κ1) is 16.1. The van der Waals surface area contributed by atoms with E-state index in [0.717, 1.165) is 28.8 Å². The van der Waals surface area contributed by atoms with Crippen LogP contribution in [0.15, 0.2) is 24.3 Å². The number of aromatic amines is 1. The van der Waals surface area contributed by atoms with Crippen LogP contribution >= 0.6 is 0 Å². The summed E-state index contributed by atoms with van der Waals surface area (Å²) in [5.41, 5.74) is 3.46. The largest absolute Gasteiger partial charge is 0.342 e. The Balaban J connectivity index is 1.96. The number of rotatable bonds is 4. The number of hydrogen-bond donors (Lipinski definition) is 2. The summed E-state index contributed by atoms with van der Waals surface area (Å²) >= 11 is 0. The number of nitrogens with one attached hydrogen (secondary N) is 2. The number of carbonyl (C=O) groups excluding carboxylic acids is 1. The van der Waals surface area contributed by atoms with Crippen LogP contribution in [0.25, 0.3) is 10.9 Å². The molecule has 0 fully saturated rings. The number of nitrogens with zero attached hydrogens (tertiary/aromatic N) is 3. The molecule has 0 saturated carbocycles. The van der Waals surface area contributed by atoms with Gasteiger partial charge in [-0.05, 0) is 51.0 Å². The topological polar surface area (TPSA) is 83.6 Å². The van der Waals surface area contributed by atoms with E-state index in [-0.39, 0.29) is 11.9 Å². The third kappa shape index (κ3) is 3.13. The molecule has 6 heteroatoms. The lowest BCUT2D eigenvalue weighted by Gasteiger charge is -2.13. The highest BCUT2D eigenvalue weighted by Crippen LogP contribution is 2.21. The molecule has 0 aliphatic heterocycles. The summed E-state index contributed by atoms with van der Waals surface area (Å²) in [6, 6.07) is 7.61. The fraction of sp³-hybridized carbons (Fsp3) is 0.333. The number of carbonyl (C=O) groups is 1. The van der Waals surface area contributed by atoms with E-state index in [0.29, 0.717) is 11.4 Å². The molecule has 6 nitrogen and oxygen atoms in total. The van der Waals surface area contributed by atoms with Crippen molar-refractivity contribution in [3.63, 3.8) is 0 Å². The third-order valence-corrected chi connectivity index (χ3v) is 4.00. The average molecular weight is 323 g/mol. The van der Waals surface area contributed by atoms with Crippen LogP contribution in [0.3, 0.4) is 0 Å². The maximum absolute atomic E-state index is 12.8. The lowest BCUT2D eigenvalue weighted by atomic mass is 10.0. The molecular weight excluding hydrogens is 302 g/mol. The molecule has 0 bridgehead atoms. The van der Waals surface area contributed by atoms with Crippen molar-refractivity contribution in [1.82, 2.24) is 25.5 Å². The lowest BCUT2D eigenvalue weighted by Crippen LogP contribution is -2.27. The Kier molecular flexibility index (Phi) is 4.29. The second-order valence-corrected chi connectivity index (χ2v) is 5.99. The molecule has 0 radical (unpaired) electrons. The Hall–Kier alpha value is -2.76. The summed E-state index contributed by atoms with van der Waals surface area (Å²) in [5.74, 6) is 1.16. The molecule has 1 atom stereocenters. The fourth-order valence-electron chi connectivity index (χ4n) is 2.71. The number of pyridine rings is 1. The molecule has 2 N–H and O–H groups in total. The van der Waals surface area contributed by atoms with E-state index < -0.39 is 0 Å². The molecule has 3 rings (SSSR count). The number of aromatic nitrogens is 4. The summed E-state index contributed by atoms with van der Waals surface area (Å²) in [6.45, 7) is 7.69. The molecule has 0 saturated heterocycles. The van der Waals surface area contributed by atoms with Crippen molar-refractivity contribution in [2.24, 2.45) is 0 Å². The minimum atomic E-state index is -0.277. The molecule has 0 aliphatic rings. The van der Waals surface area contributed by atoms with Crippen molar-refractivity contribution in [2.45, 2.75) is 40.2 Å². The zero-order valence-electron chi connectivity index (χ0n) is 14.3. The first-order chi connectivity index (χ1) is 11.5. The van der Waals surface area contributed by atoms with Crippen molar-refractivity contribution in [3.05, 3.63) is 52.7 Å². The van der Waals surface area contributed by atoms with E-state index in [1.165, 1.54) is 5.56 Å². The summed E-state index contributed by atoms with van der Waals surface area (Å²) in [6.07, 6.45) is 0.914. The number of aryl methyl sites for hydroxylation is 3. The molecule has 1 aromatic carbocycles. The quantitative estimate of drug-likeness (QED) is 0.773. The normalized spacial score (nSPS) is 12.3. The van der Waals surface area contributed by atoms with Crippen LogP contribution in [-0.2, 0) is 6.42 Å². The standard InChI is InChI=1S/C18H21N5O/c1-5-13-6-7-16-14(9-13)15(8-10(2)19-16)18(24)20-11(3)17-21-12(4)22-23-17/h6-9,11H,5H2,1-4H3,(H,20,24)(H,21,22,23). The molecule has 1 amide bonds. The third-order valence-electron chi connectivity index (χ3n) is 4.00. The van der Waals surface area contributed by atoms with Gasteiger partial charge in [0.05, 0.1) is 17.1 Å². The van der Waals surface area contributed by atoms with E-state index >= 15 is 0 Å². The van der Waals surface area contributed by atoms with Crippen LogP contribution in [0.5, 0.6) is 0 Å². The average Bonchev–Trinajstić information content (AvgIpc) is 3.00. The first-order valence-electron chi connectivity index (χ1n) is 8.08. The number of fused-ring (bicyclic) bond motifs is 1. The Bertz CT molecular complexity index is 900. The van der Waals surface area contributed by atoms with Crippen LogP contribution in [0.1, 0.15) is 53.2 Å². The van der Waals surface area contributed by atoms with E-state index in [1.54, 1.807) is 0 Å². The van der Waals surface area contributed by atoms with Gasteiger partial charge in [-0.15, -0.1) is 0 Å². The second-order valence-electron chi connectivity index (χ2n) is 5.99. The number of benzene rings is 1. The van der Waals surface area contributed by atoms with Crippen molar-refractivity contribution in [3.8, 4) is 0 Å². The van der Waals surface area contributed by atoms with Crippen molar-refractivity contribution >= 4 is 16.8 Å². The van der Waals surface area contributed by atoms with E-state index in [9.17, 15) is 4.79 Å². The van der Waals surface area contributed by atoms with Crippen LogP contribution < -0.4 is 5.32 Å². The predicted molar refractivity (Wildman–Crippen MR) is 92.9 cm³/mol. The van der Waals surface area contributed by atoms with Gasteiger partial charge in [-0.25, -0.2) is 4.98 Å². The van der Waals surface area contributed by atoms with Crippen LogP contribution in [0, 0.1) is 13.8 Å². The maximum atomic E-state index is 12.8. The van der Waals surface area contributed by atoms with Crippen molar-refractivity contribution in [2.75, 3.05) is 0 Å². The molecule has 24 heavy (non-hydrogen) atoms. The SMILES string of the molecule is CCc1ccc2nc(C)cc(C(=O)NC(C)c3n[nH]c(C)n3)c2c1. The van der Waals surface area contributed by atoms with Crippen molar-refractivity contribution in [1.29, 1.82) is 0 Å². The second kappa shape index (κ2) is 6.39. The summed E-state index contributed by atoms with van der Waals surface area (Å²) in [7, 11) is 0. The van der Waals surface area contributed by atoms with Gasteiger partial charge in [0.2, 0.25) is 0 Å². The Morgan fingerprint density at radius 1 is 1.25 bits per heavy atom. The van der Waals surface area contributed by atoms with E-state index in [1.807, 2.05) is 39.0 Å². The summed E-state index contributed by atoms with van der Waals surface area (Å²) < 4.78 is 0. The molecule has 3 aromatic rings. The zero-order valence-corrected chi connectivity index (χ0v) is 14.3. The molecule has 0 spiro atoms. The fourth-order valence-corrected chi connectivity index (χ4v) is 2.71. The van der Waals surface area contributed by atoms with Gasteiger partial charge in [0, 0.05) is 11.1 Å². The first-order valence-corrected chi connectivity index (χ1v) is 8.08. The Morgan fingerprint density at radius 2 is 2.04 bits per heavy atom. The van der Waals surface area contributed by atoms with Gasteiger partial charge in [0.15, 0.2) is 5.82 Å². The van der Waals surface area contributed by atoms with Gasteiger partial charge in [-0.3, -0.25) is 14.9 Å². The van der Waals surface area contributed by atoms with Gasteiger partial charge < -0.3 is 5.32 Å². The monoisotopic (exact) mass is 323 g/mol. The Morgan fingerprint density at radius 3 is 2.71 bits per heavy atom. The van der Waals surface area contributed by atoms with Gasteiger partial charge >= 0.3 is 0 Å². The minimum Gasteiger partial charge on any atom is -0.342 e. The Labute approximate surface area is 140 Å². The van der Waals surface area contributed by atoms with Gasteiger partial charge in [0.1, 0.15) is 5.82 Å². The highest BCUT2D eigenvalue weighted by atomic mass is 16.1. The van der Waals surface area contributed by atoms with E-state index in [2.05, 4.69) is 38.5 Å². The highest BCUT2D eigenvalue weighted by molar-refractivity contribution is 6.06. The molecule has 124 valence electrons. The van der Waals surface area contributed by atoms with Crippen LogP contribution in [-0.4, -0.2) is 26.1 Å². The molecule has 2 aromatic heterocycles. The predicted octanol–water partition coefficient (Wildman–Crippen LogP) is 3.02. The molecule has 1 unspecified atom stereocenters. The minimum absolute atomic E-state index is 0.145. The van der Waals surface area contributed by atoms with E-state index in [4.69, 9.17) is 0 Å². The van der Waals surface area contributed by atoms with Gasteiger partial charge in [-0.1, -0.05) is 13.0 Å². The number of amides is 1. The number of hydrogen-bond acceptors (Lipinski definition) is 4. The number of H-pyrrole nitrogens is 1.